The van der Waals surface area contributed by atoms with Gasteiger partial charge in [0, 0.05) is 29.9 Å². The lowest BCUT2D eigenvalue weighted by Crippen LogP contribution is -2.40. The molecule has 0 spiro atoms. The van der Waals surface area contributed by atoms with Gasteiger partial charge in [-0.2, -0.15) is 13.2 Å². The van der Waals surface area contributed by atoms with Crippen LogP contribution in [-0.2, 0) is 0 Å². The van der Waals surface area contributed by atoms with Gasteiger partial charge in [-0.3, -0.25) is 4.79 Å². The molecule has 0 aliphatic carbocycles. The van der Waals surface area contributed by atoms with Crippen LogP contribution in [-0.4, -0.2) is 47.2 Å². The molecular weight excluding hydrogens is 521 g/mol. The fourth-order valence-corrected chi connectivity index (χ4v) is 4.11. The summed E-state index contributed by atoms with van der Waals surface area (Å²) in [5, 5.41) is 11.9. The van der Waals surface area contributed by atoms with Crippen molar-refractivity contribution in [3.05, 3.63) is 71.1 Å². The van der Waals surface area contributed by atoms with Gasteiger partial charge in [-0.15, -0.1) is 0 Å². The fraction of sp³-hybridized carbons (Fsp3) is 0.345. The van der Waals surface area contributed by atoms with Crippen molar-refractivity contribution in [2.45, 2.75) is 45.8 Å². The van der Waals surface area contributed by atoms with Crippen molar-refractivity contribution in [2.75, 3.05) is 30.3 Å². The average Bonchev–Trinajstić information content (AvgIpc) is 3.07. The molecule has 40 heavy (non-hydrogen) atoms. The molecule has 4 N–H and O–H groups in total. The minimum absolute atomic E-state index is 0.110. The van der Waals surface area contributed by atoms with E-state index in [1.165, 1.54) is 6.33 Å². The van der Waals surface area contributed by atoms with Crippen LogP contribution in [0.15, 0.2) is 54.4 Å². The van der Waals surface area contributed by atoms with Gasteiger partial charge < -0.3 is 26.0 Å². The zero-order chi connectivity index (χ0) is 28.9. The fourth-order valence-electron chi connectivity index (χ4n) is 4.11. The first kappa shape index (κ1) is 28.9. The van der Waals surface area contributed by atoms with Crippen LogP contribution in [0.25, 0.3) is 6.08 Å². The molecule has 0 radical (unpaired) electrons. The number of halogens is 3. The van der Waals surface area contributed by atoms with E-state index in [-0.39, 0.29) is 18.0 Å². The number of carbonyl (C=O) groups excluding carboxylic acids is 1. The quantitative estimate of drug-likeness (QED) is 0.263. The van der Waals surface area contributed by atoms with Gasteiger partial charge in [0.25, 0.3) is 5.91 Å². The number of nitrogens with zero attached hydrogens (tertiary/aromatic N) is 2. The number of fused-ring (bicyclic) bond motifs is 1. The maximum atomic E-state index is 12.6. The van der Waals surface area contributed by atoms with Gasteiger partial charge in [0.15, 0.2) is 0 Å². The van der Waals surface area contributed by atoms with Crippen molar-refractivity contribution in [1.82, 2.24) is 20.6 Å². The minimum Gasteiger partial charge on any atom is -0.457 e. The van der Waals surface area contributed by atoms with E-state index in [4.69, 9.17) is 4.74 Å². The lowest BCUT2D eigenvalue weighted by molar-refractivity contribution is -0.124. The third kappa shape index (κ3) is 8.19. The van der Waals surface area contributed by atoms with Gasteiger partial charge >= 0.3 is 6.18 Å². The number of hydrogen-bond donors (Lipinski definition) is 4. The average molecular weight is 555 g/mol. The van der Waals surface area contributed by atoms with E-state index >= 15 is 0 Å². The van der Waals surface area contributed by atoms with Crippen LogP contribution < -0.4 is 26.0 Å². The Morgan fingerprint density at radius 3 is 2.62 bits per heavy atom. The number of ether oxygens (including phenoxy) is 1. The molecule has 3 aromatic rings. The number of aromatic nitrogens is 2. The molecule has 0 saturated heterocycles. The Hall–Kier alpha value is -4.12. The SMILES string of the molecule is Cc1cc(Nc2ncnc3c2C=C(CNCC(F)(F)F)CCN3)ccc1Oc1cccc(C(=O)NC(C)(C)C)c1. The number of nitrogens with one attached hydrogen (secondary N) is 4. The topological polar surface area (TPSA) is 100 Å². The van der Waals surface area contributed by atoms with E-state index in [2.05, 4.69) is 31.2 Å². The highest BCUT2D eigenvalue weighted by molar-refractivity contribution is 5.95. The monoisotopic (exact) mass is 554 g/mol. The lowest BCUT2D eigenvalue weighted by Gasteiger charge is -2.20. The lowest BCUT2D eigenvalue weighted by atomic mass is 10.1. The first-order chi connectivity index (χ1) is 18.9. The summed E-state index contributed by atoms with van der Waals surface area (Å²) in [5.41, 5.74) is 3.23. The molecule has 0 saturated carbocycles. The summed E-state index contributed by atoms with van der Waals surface area (Å²) < 4.78 is 43.8. The van der Waals surface area contributed by atoms with E-state index < -0.39 is 12.7 Å². The van der Waals surface area contributed by atoms with Gasteiger partial charge in [-0.1, -0.05) is 11.6 Å². The van der Waals surface area contributed by atoms with Crippen LogP contribution in [0.3, 0.4) is 0 Å². The van der Waals surface area contributed by atoms with E-state index in [1.54, 1.807) is 24.3 Å². The summed E-state index contributed by atoms with van der Waals surface area (Å²) in [6, 6.07) is 12.6. The van der Waals surface area contributed by atoms with Crippen LogP contribution in [0, 0.1) is 6.92 Å². The maximum absolute atomic E-state index is 12.6. The van der Waals surface area contributed by atoms with Crippen LogP contribution in [0.2, 0.25) is 0 Å². The van der Waals surface area contributed by atoms with Gasteiger partial charge in [0.05, 0.1) is 12.1 Å². The molecule has 2 heterocycles. The van der Waals surface area contributed by atoms with E-state index in [0.717, 1.165) is 16.8 Å². The van der Waals surface area contributed by atoms with Crippen LogP contribution in [0.4, 0.5) is 30.5 Å². The first-order valence-corrected chi connectivity index (χ1v) is 12.9. The number of rotatable bonds is 8. The van der Waals surface area contributed by atoms with E-state index in [9.17, 15) is 18.0 Å². The van der Waals surface area contributed by atoms with Crippen molar-refractivity contribution in [2.24, 2.45) is 0 Å². The first-order valence-electron chi connectivity index (χ1n) is 12.9. The number of alkyl halides is 3. The molecule has 1 amide bonds. The molecule has 11 heteroatoms. The van der Waals surface area contributed by atoms with Crippen molar-refractivity contribution >= 4 is 29.3 Å². The minimum atomic E-state index is -4.27. The highest BCUT2D eigenvalue weighted by Gasteiger charge is 2.26. The Morgan fingerprint density at radius 2 is 1.90 bits per heavy atom. The number of carbonyl (C=O) groups is 1. The number of hydrogen-bond acceptors (Lipinski definition) is 7. The molecule has 0 fully saturated rings. The summed E-state index contributed by atoms with van der Waals surface area (Å²) in [6.07, 6.45) is -0.435. The molecule has 1 aliphatic heterocycles. The predicted molar refractivity (Wildman–Crippen MR) is 150 cm³/mol. The maximum Gasteiger partial charge on any atom is 0.401 e. The molecule has 1 aliphatic rings. The Kier molecular flexibility index (Phi) is 8.63. The number of benzene rings is 2. The zero-order valence-corrected chi connectivity index (χ0v) is 22.9. The molecule has 2 aromatic carbocycles. The van der Waals surface area contributed by atoms with Crippen molar-refractivity contribution < 1.29 is 22.7 Å². The van der Waals surface area contributed by atoms with Crippen LogP contribution in [0.1, 0.15) is 48.7 Å². The molecule has 0 unspecified atom stereocenters. The summed E-state index contributed by atoms with van der Waals surface area (Å²) in [5.74, 6) is 2.11. The third-order valence-corrected chi connectivity index (χ3v) is 5.90. The summed E-state index contributed by atoms with van der Waals surface area (Å²) in [4.78, 5) is 21.2. The van der Waals surface area contributed by atoms with E-state index in [0.29, 0.717) is 47.2 Å². The molecule has 0 bridgehead atoms. The van der Waals surface area contributed by atoms with Crippen molar-refractivity contribution in [3.63, 3.8) is 0 Å². The largest absolute Gasteiger partial charge is 0.457 e. The predicted octanol–water partition coefficient (Wildman–Crippen LogP) is 6.20. The van der Waals surface area contributed by atoms with Gasteiger partial charge in [0.2, 0.25) is 0 Å². The number of amides is 1. The summed E-state index contributed by atoms with van der Waals surface area (Å²) >= 11 is 0. The second kappa shape index (κ2) is 12.0. The highest BCUT2D eigenvalue weighted by atomic mass is 19.4. The number of anilines is 3. The molecular formula is C29H33F3N6O2. The van der Waals surface area contributed by atoms with Crippen LogP contribution >= 0.6 is 0 Å². The Bertz CT molecular complexity index is 1400. The molecule has 8 nitrogen and oxygen atoms in total. The Balaban J connectivity index is 1.49. The van der Waals surface area contributed by atoms with Gasteiger partial charge in [-0.25, -0.2) is 9.97 Å². The second-order valence-electron chi connectivity index (χ2n) is 10.6. The Labute approximate surface area is 231 Å². The molecule has 4 rings (SSSR count). The van der Waals surface area contributed by atoms with E-state index in [1.807, 2.05) is 52.0 Å². The third-order valence-electron chi connectivity index (χ3n) is 5.90. The molecule has 212 valence electrons. The standard InChI is InChI=1S/C29H33F3N6O2/c1-18-12-21(8-9-24(18)40-22-7-5-6-20(14-22)27(39)38-28(2,3)4)37-26-23-13-19(15-33-16-29(30,31)32)10-11-34-25(23)35-17-36-26/h5-9,12-14,17,33H,10-11,15-16H2,1-4H3,(H,38,39)(H2,34,35,36,37). The molecule has 1 aromatic heterocycles. The van der Waals surface area contributed by atoms with Crippen molar-refractivity contribution in [3.8, 4) is 11.5 Å². The highest BCUT2D eigenvalue weighted by Crippen LogP contribution is 2.32. The normalized spacial score (nSPS) is 13.4. The molecule has 0 atom stereocenters. The smallest absolute Gasteiger partial charge is 0.401 e. The van der Waals surface area contributed by atoms with Crippen molar-refractivity contribution in [1.29, 1.82) is 0 Å². The van der Waals surface area contributed by atoms with Crippen LogP contribution in [0.5, 0.6) is 11.5 Å². The Morgan fingerprint density at radius 1 is 1.10 bits per heavy atom. The zero-order valence-electron chi connectivity index (χ0n) is 22.9. The summed E-state index contributed by atoms with van der Waals surface area (Å²) in [6.45, 7) is 7.28. The van der Waals surface area contributed by atoms with Gasteiger partial charge in [0.1, 0.15) is 29.5 Å². The summed E-state index contributed by atoms with van der Waals surface area (Å²) in [7, 11) is 0. The van der Waals surface area contributed by atoms with Gasteiger partial charge in [-0.05, 0) is 82.2 Å². The second-order valence-corrected chi connectivity index (χ2v) is 10.6. The number of aryl methyl sites for hydroxylation is 1.